The molecule has 2 aliphatic rings. The third-order valence-electron chi connectivity index (χ3n) is 3.08. The summed E-state index contributed by atoms with van der Waals surface area (Å²) in [6.45, 7) is 2.86. The number of rotatable bonds is 1. The number of hydrogen-bond acceptors (Lipinski definition) is 2. The van der Waals surface area contributed by atoms with Crippen molar-refractivity contribution in [3.63, 3.8) is 0 Å². The predicted octanol–water partition coefficient (Wildman–Crippen LogP) is 0.344. The van der Waals surface area contributed by atoms with Crippen LogP contribution >= 0.6 is 0 Å². The van der Waals surface area contributed by atoms with Crippen molar-refractivity contribution in [2.75, 3.05) is 6.54 Å². The summed E-state index contributed by atoms with van der Waals surface area (Å²) < 4.78 is 0. The zero-order valence-electron chi connectivity index (χ0n) is 7.49. The molecule has 2 rings (SSSR count). The van der Waals surface area contributed by atoms with Gasteiger partial charge in [0.1, 0.15) is 0 Å². The van der Waals surface area contributed by atoms with E-state index in [2.05, 4.69) is 0 Å². The molecule has 1 unspecified atom stereocenters. The van der Waals surface area contributed by atoms with E-state index in [1.54, 1.807) is 0 Å². The van der Waals surface area contributed by atoms with Crippen LogP contribution in [-0.2, 0) is 4.79 Å². The van der Waals surface area contributed by atoms with E-state index < -0.39 is 0 Å². The largest absolute Gasteiger partial charge is 0.338 e. The highest BCUT2D eigenvalue weighted by Gasteiger charge is 2.46. The zero-order valence-corrected chi connectivity index (χ0v) is 7.49. The fourth-order valence-corrected chi connectivity index (χ4v) is 2.21. The minimum atomic E-state index is -0.224. The number of likely N-dealkylation sites (tertiary alicyclic amines) is 1. The highest BCUT2D eigenvalue weighted by Crippen LogP contribution is 2.41. The lowest BCUT2D eigenvalue weighted by molar-refractivity contribution is -0.132. The molecular weight excluding hydrogens is 152 g/mol. The second kappa shape index (κ2) is 2.73. The molecular formula is C9H16N2O. The van der Waals surface area contributed by atoms with Crippen LogP contribution < -0.4 is 5.73 Å². The summed E-state index contributed by atoms with van der Waals surface area (Å²) in [6.07, 6.45) is 3.25. The van der Waals surface area contributed by atoms with Crippen molar-refractivity contribution in [2.24, 2.45) is 11.7 Å². The van der Waals surface area contributed by atoms with Crippen LogP contribution in [0.3, 0.4) is 0 Å². The molecule has 0 aromatic rings. The predicted molar refractivity (Wildman–Crippen MR) is 46.5 cm³/mol. The molecule has 0 aromatic heterocycles. The monoisotopic (exact) mass is 168 g/mol. The maximum Gasteiger partial charge on any atom is 0.239 e. The molecule has 1 aliphatic heterocycles. The maximum atomic E-state index is 11.6. The van der Waals surface area contributed by atoms with Crippen molar-refractivity contribution in [3.05, 3.63) is 0 Å². The van der Waals surface area contributed by atoms with Crippen LogP contribution in [0, 0.1) is 5.92 Å². The number of carbonyl (C=O) groups is 1. The Morgan fingerprint density at radius 2 is 2.33 bits per heavy atom. The van der Waals surface area contributed by atoms with Crippen molar-refractivity contribution in [1.29, 1.82) is 0 Å². The minimum Gasteiger partial charge on any atom is -0.338 e. The number of fused-ring (bicyclic) bond motifs is 1. The Bertz CT molecular complexity index is 205. The summed E-state index contributed by atoms with van der Waals surface area (Å²) in [7, 11) is 0. The average molecular weight is 168 g/mol. The molecule has 3 atom stereocenters. The number of nitrogens with zero attached hydrogens (tertiary/aromatic N) is 1. The highest BCUT2D eigenvalue weighted by molar-refractivity contribution is 5.82. The van der Waals surface area contributed by atoms with Gasteiger partial charge < -0.3 is 10.6 Å². The Hall–Kier alpha value is -0.570. The molecule has 1 saturated heterocycles. The van der Waals surface area contributed by atoms with Gasteiger partial charge in [0.05, 0.1) is 6.04 Å². The lowest BCUT2D eigenvalue weighted by Crippen LogP contribution is -2.43. The quantitative estimate of drug-likeness (QED) is 0.614. The van der Waals surface area contributed by atoms with E-state index in [4.69, 9.17) is 5.73 Å². The Morgan fingerprint density at radius 1 is 1.58 bits per heavy atom. The number of nitrogens with two attached hydrogens (primary N) is 1. The summed E-state index contributed by atoms with van der Waals surface area (Å²) in [5, 5.41) is 0. The topological polar surface area (TPSA) is 46.3 Å². The average Bonchev–Trinajstić information content (AvgIpc) is 2.80. The summed E-state index contributed by atoms with van der Waals surface area (Å²) in [5.74, 6) is 0.935. The normalized spacial score (nSPS) is 40.7. The lowest BCUT2D eigenvalue weighted by Gasteiger charge is -2.21. The highest BCUT2D eigenvalue weighted by atomic mass is 16.2. The third kappa shape index (κ3) is 1.12. The first-order valence-electron chi connectivity index (χ1n) is 4.80. The van der Waals surface area contributed by atoms with Crippen molar-refractivity contribution >= 4 is 5.91 Å². The van der Waals surface area contributed by atoms with E-state index in [9.17, 15) is 4.79 Å². The molecule has 68 valence electrons. The second-order valence-corrected chi connectivity index (χ2v) is 3.87. The molecule has 1 aliphatic carbocycles. The van der Waals surface area contributed by atoms with Crippen LogP contribution in [0.5, 0.6) is 0 Å². The van der Waals surface area contributed by atoms with Gasteiger partial charge in [-0.05, 0) is 32.1 Å². The van der Waals surface area contributed by atoms with E-state index in [-0.39, 0.29) is 11.9 Å². The summed E-state index contributed by atoms with van der Waals surface area (Å²) >= 11 is 0. The Labute approximate surface area is 72.9 Å². The third-order valence-corrected chi connectivity index (χ3v) is 3.08. The molecule has 1 amide bonds. The number of carbonyl (C=O) groups excluding carboxylic acids is 1. The molecule has 0 bridgehead atoms. The maximum absolute atomic E-state index is 11.6. The Kier molecular flexibility index (Phi) is 1.83. The first-order valence-corrected chi connectivity index (χ1v) is 4.80. The molecule has 1 heterocycles. The molecule has 0 spiro atoms. The van der Waals surface area contributed by atoms with Gasteiger partial charge in [0, 0.05) is 12.6 Å². The summed E-state index contributed by atoms with van der Waals surface area (Å²) in [5.41, 5.74) is 5.74. The number of likely N-dealkylation sites (N-methyl/N-ethyl adjacent to an activating group) is 1. The molecule has 1 saturated carbocycles. The number of amides is 1. The molecule has 0 aromatic carbocycles. The minimum absolute atomic E-state index is 0.169. The van der Waals surface area contributed by atoms with Crippen molar-refractivity contribution in [1.82, 2.24) is 4.90 Å². The standard InChI is InChI=1S/C9H16N2O/c1-2-11-8-5-6(8)3-4-7(10)9(11)12/h6-8H,2-5,10H2,1H3/t6-,7?,8-/m0/s1. The van der Waals surface area contributed by atoms with E-state index in [0.29, 0.717) is 6.04 Å². The van der Waals surface area contributed by atoms with Crippen LogP contribution in [0.25, 0.3) is 0 Å². The van der Waals surface area contributed by atoms with Crippen molar-refractivity contribution in [2.45, 2.75) is 38.3 Å². The lowest BCUT2D eigenvalue weighted by atomic mass is 10.1. The molecule has 2 N–H and O–H groups in total. The van der Waals surface area contributed by atoms with Gasteiger partial charge in [0.2, 0.25) is 5.91 Å². The van der Waals surface area contributed by atoms with Gasteiger partial charge in [-0.3, -0.25) is 4.79 Å². The smallest absolute Gasteiger partial charge is 0.239 e. The molecule has 2 fully saturated rings. The molecule has 12 heavy (non-hydrogen) atoms. The Balaban J connectivity index is 2.12. The second-order valence-electron chi connectivity index (χ2n) is 3.87. The zero-order chi connectivity index (χ0) is 8.72. The van der Waals surface area contributed by atoms with E-state index >= 15 is 0 Å². The van der Waals surface area contributed by atoms with E-state index in [1.807, 2.05) is 11.8 Å². The SMILES string of the molecule is CCN1C(=O)C(N)CC[C@H]2C[C@@H]21. The summed E-state index contributed by atoms with van der Waals surface area (Å²) in [6, 6.07) is 0.314. The van der Waals surface area contributed by atoms with Gasteiger partial charge in [-0.25, -0.2) is 0 Å². The van der Waals surface area contributed by atoms with Gasteiger partial charge in [-0.1, -0.05) is 0 Å². The van der Waals surface area contributed by atoms with Crippen LogP contribution in [-0.4, -0.2) is 29.4 Å². The fourth-order valence-electron chi connectivity index (χ4n) is 2.21. The van der Waals surface area contributed by atoms with Crippen LogP contribution in [0.15, 0.2) is 0 Å². The molecule has 3 heteroatoms. The first-order chi connectivity index (χ1) is 5.74. The van der Waals surface area contributed by atoms with Gasteiger partial charge in [-0.15, -0.1) is 0 Å². The molecule has 3 nitrogen and oxygen atoms in total. The van der Waals surface area contributed by atoms with E-state index in [1.165, 1.54) is 6.42 Å². The number of hydrogen-bond donors (Lipinski definition) is 1. The van der Waals surface area contributed by atoms with Crippen LogP contribution in [0.4, 0.5) is 0 Å². The first kappa shape index (κ1) is 8.05. The van der Waals surface area contributed by atoms with E-state index in [0.717, 1.165) is 25.3 Å². The van der Waals surface area contributed by atoms with Crippen LogP contribution in [0.2, 0.25) is 0 Å². The summed E-state index contributed by atoms with van der Waals surface area (Å²) in [4.78, 5) is 13.6. The Morgan fingerprint density at radius 3 is 3.00 bits per heavy atom. The van der Waals surface area contributed by atoms with Gasteiger partial charge in [-0.2, -0.15) is 0 Å². The van der Waals surface area contributed by atoms with Gasteiger partial charge in [0.25, 0.3) is 0 Å². The van der Waals surface area contributed by atoms with Gasteiger partial charge in [0.15, 0.2) is 0 Å². The van der Waals surface area contributed by atoms with Crippen LogP contribution in [0.1, 0.15) is 26.2 Å². The fraction of sp³-hybridized carbons (Fsp3) is 0.889. The van der Waals surface area contributed by atoms with Crippen molar-refractivity contribution < 1.29 is 4.79 Å². The van der Waals surface area contributed by atoms with Gasteiger partial charge >= 0.3 is 0 Å². The van der Waals surface area contributed by atoms with Crippen molar-refractivity contribution in [3.8, 4) is 0 Å². The molecule has 0 radical (unpaired) electrons.